The summed E-state index contributed by atoms with van der Waals surface area (Å²) in [6, 6.07) is 12.0. The van der Waals surface area contributed by atoms with Crippen LogP contribution >= 0.6 is 0 Å². The molecule has 0 aliphatic carbocycles. The molecule has 0 saturated heterocycles. The molecule has 0 unspecified atom stereocenters. The maximum Gasteiger partial charge on any atom is 0.417 e. The summed E-state index contributed by atoms with van der Waals surface area (Å²) in [5.74, 6) is -0.184. The minimum absolute atomic E-state index is 0.137. The molecule has 4 aromatic rings. The van der Waals surface area contributed by atoms with Crippen molar-refractivity contribution in [2.75, 3.05) is 0 Å². The molecule has 2 aromatic heterocycles. The molecule has 2 aromatic carbocycles. The van der Waals surface area contributed by atoms with E-state index in [9.17, 15) is 18.0 Å². The molecule has 136 valence electrons. The van der Waals surface area contributed by atoms with E-state index in [2.05, 4.69) is 15.0 Å². The largest absolute Gasteiger partial charge is 0.417 e. The fourth-order valence-corrected chi connectivity index (χ4v) is 3.00. The number of aromatic nitrogens is 3. The first-order chi connectivity index (χ1) is 12.8. The van der Waals surface area contributed by atoms with E-state index in [0.29, 0.717) is 11.5 Å². The molecular formula is C20H14F3N3O. The second kappa shape index (κ2) is 6.12. The number of hydrogen-bond acceptors (Lipinski definition) is 2. The van der Waals surface area contributed by atoms with E-state index in [1.54, 1.807) is 0 Å². The lowest BCUT2D eigenvalue weighted by molar-refractivity contribution is -0.137. The normalized spacial score (nSPS) is 11.9. The van der Waals surface area contributed by atoms with Crippen LogP contribution in [0.5, 0.6) is 0 Å². The molecule has 0 aliphatic rings. The first-order valence-corrected chi connectivity index (χ1v) is 8.19. The summed E-state index contributed by atoms with van der Waals surface area (Å²) >= 11 is 0. The van der Waals surface area contributed by atoms with Gasteiger partial charge < -0.3 is 9.97 Å². The van der Waals surface area contributed by atoms with Crippen LogP contribution in [0.3, 0.4) is 0 Å². The van der Waals surface area contributed by atoms with Crippen molar-refractivity contribution in [3.63, 3.8) is 0 Å². The van der Waals surface area contributed by atoms with Crippen molar-refractivity contribution >= 4 is 16.8 Å². The number of H-pyrrole nitrogens is 2. The number of imidazole rings is 1. The molecule has 2 N–H and O–H groups in total. The van der Waals surface area contributed by atoms with Crippen LogP contribution < -0.4 is 0 Å². The lowest BCUT2D eigenvalue weighted by Gasteiger charge is -2.10. The third kappa shape index (κ3) is 3.12. The molecule has 0 saturated carbocycles. The van der Waals surface area contributed by atoms with E-state index in [0.717, 1.165) is 22.7 Å². The number of rotatable bonds is 3. The van der Waals surface area contributed by atoms with Gasteiger partial charge in [0.1, 0.15) is 0 Å². The molecule has 0 bridgehead atoms. The van der Waals surface area contributed by atoms with Gasteiger partial charge >= 0.3 is 6.18 Å². The van der Waals surface area contributed by atoms with Crippen molar-refractivity contribution in [1.29, 1.82) is 0 Å². The van der Waals surface area contributed by atoms with E-state index in [-0.39, 0.29) is 11.1 Å². The topological polar surface area (TPSA) is 61.5 Å². The van der Waals surface area contributed by atoms with Crippen LogP contribution in [0.2, 0.25) is 0 Å². The standard InChI is InChI=1S/C20H14F3N3O/c1-11-6-7-15-16(8-11)26-19(25-15)17-9-12(10-24-17)18(27)13-4-2-3-5-14(13)20(21,22)23/h2-10,24H,1H3,(H,25,26). The van der Waals surface area contributed by atoms with Crippen molar-refractivity contribution in [2.24, 2.45) is 0 Å². The van der Waals surface area contributed by atoms with E-state index < -0.39 is 17.5 Å². The first-order valence-electron chi connectivity index (χ1n) is 8.19. The van der Waals surface area contributed by atoms with Crippen LogP contribution in [-0.4, -0.2) is 20.7 Å². The molecule has 0 fully saturated rings. The summed E-state index contributed by atoms with van der Waals surface area (Å²) in [5, 5.41) is 0. The summed E-state index contributed by atoms with van der Waals surface area (Å²) in [7, 11) is 0. The number of hydrogen-bond donors (Lipinski definition) is 2. The van der Waals surface area contributed by atoms with E-state index in [4.69, 9.17) is 0 Å². The van der Waals surface area contributed by atoms with Gasteiger partial charge in [-0.05, 0) is 36.8 Å². The van der Waals surface area contributed by atoms with Crippen LogP contribution in [0.25, 0.3) is 22.6 Å². The van der Waals surface area contributed by atoms with Gasteiger partial charge in [0.15, 0.2) is 11.6 Å². The molecule has 7 heteroatoms. The minimum atomic E-state index is -4.60. The molecule has 4 rings (SSSR count). The van der Waals surface area contributed by atoms with Gasteiger partial charge in [-0.3, -0.25) is 4.79 Å². The quantitative estimate of drug-likeness (QED) is 0.493. The second-order valence-corrected chi connectivity index (χ2v) is 6.28. The molecular weight excluding hydrogens is 355 g/mol. The third-order valence-electron chi connectivity index (χ3n) is 4.31. The lowest BCUT2D eigenvalue weighted by Crippen LogP contribution is -2.13. The Balaban J connectivity index is 1.71. The van der Waals surface area contributed by atoms with Gasteiger partial charge in [0.25, 0.3) is 0 Å². The van der Waals surface area contributed by atoms with Crippen molar-refractivity contribution in [3.8, 4) is 11.5 Å². The lowest BCUT2D eigenvalue weighted by atomic mass is 9.99. The average Bonchev–Trinajstić information content (AvgIpc) is 3.26. The summed E-state index contributed by atoms with van der Waals surface area (Å²) in [4.78, 5) is 23.1. The Hall–Kier alpha value is -3.35. The third-order valence-corrected chi connectivity index (χ3v) is 4.31. The highest BCUT2D eigenvalue weighted by molar-refractivity contribution is 6.10. The van der Waals surface area contributed by atoms with Crippen molar-refractivity contribution in [3.05, 3.63) is 77.0 Å². The number of nitrogens with zero attached hydrogens (tertiary/aromatic N) is 1. The van der Waals surface area contributed by atoms with Crippen molar-refractivity contribution in [1.82, 2.24) is 15.0 Å². The highest BCUT2D eigenvalue weighted by Crippen LogP contribution is 2.33. The first kappa shape index (κ1) is 17.1. The molecule has 27 heavy (non-hydrogen) atoms. The maximum atomic E-state index is 13.2. The number of alkyl halides is 3. The van der Waals surface area contributed by atoms with Gasteiger partial charge in [-0.25, -0.2) is 4.98 Å². The Morgan fingerprint density at radius 3 is 2.63 bits per heavy atom. The Bertz CT molecular complexity index is 1150. The Kier molecular flexibility index (Phi) is 3.87. The fourth-order valence-electron chi connectivity index (χ4n) is 3.00. The van der Waals surface area contributed by atoms with E-state index >= 15 is 0 Å². The fraction of sp³-hybridized carbons (Fsp3) is 0.100. The van der Waals surface area contributed by atoms with Crippen LogP contribution in [0.1, 0.15) is 27.0 Å². The number of fused-ring (bicyclic) bond motifs is 1. The number of carbonyl (C=O) groups excluding carboxylic acids is 1. The van der Waals surface area contributed by atoms with Crippen LogP contribution in [0, 0.1) is 6.92 Å². The van der Waals surface area contributed by atoms with Gasteiger partial charge in [0, 0.05) is 17.3 Å². The van der Waals surface area contributed by atoms with Gasteiger partial charge in [-0.2, -0.15) is 13.2 Å². The SMILES string of the molecule is Cc1ccc2nc(-c3cc(C(=O)c4ccccc4C(F)(F)F)c[nH]3)[nH]c2c1. The Labute approximate surface area is 152 Å². The van der Waals surface area contributed by atoms with Gasteiger partial charge in [-0.15, -0.1) is 0 Å². The van der Waals surface area contributed by atoms with Gasteiger partial charge in [0.05, 0.1) is 22.3 Å². The van der Waals surface area contributed by atoms with Crippen LogP contribution in [0.4, 0.5) is 13.2 Å². The smallest absolute Gasteiger partial charge is 0.358 e. The molecule has 4 nitrogen and oxygen atoms in total. The Morgan fingerprint density at radius 2 is 1.85 bits per heavy atom. The summed E-state index contributed by atoms with van der Waals surface area (Å²) in [6.45, 7) is 1.96. The number of ketones is 1. The summed E-state index contributed by atoms with van der Waals surface area (Å²) in [6.07, 6.45) is -3.20. The molecule has 0 radical (unpaired) electrons. The highest BCUT2D eigenvalue weighted by Gasteiger charge is 2.35. The van der Waals surface area contributed by atoms with Crippen LogP contribution in [0.15, 0.2) is 54.7 Å². The maximum absolute atomic E-state index is 13.2. The summed E-state index contributed by atoms with van der Waals surface area (Å²) in [5.41, 5.74) is 2.02. The molecule has 0 amide bonds. The van der Waals surface area contributed by atoms with Crippen LogP contribution in [-0.2, 0) is 6.18 Å². The predicted molar refractivity (Wildman–Crippen MR) is 95.5 cm³/mol. The number of nitrogens with one attached hydrogen (secondary N) is 2. The number of carbonyl (C=O) groups is 1. The monoisotopic (exact) mass is 369 g/mol. The molecule has 0 atom stereocenters. The average molecular weight is 369 g/mol. The number of aromatic amines is 2. The van der Waals surface area contributed by atoms with Crippen molar-refractivity contribution in [2.45, 2.75) is 13.1 Å². The van der Waals surface area contributed by atoms with Gasteiger partial charge in [-0.1, -0.05) is 24.3 Å². The number of benzene rings is 2. The second-order valence-electron chi connectivity index (χ2n) is 6.28. The molecule has 0 aliphatic heterocycles. The molecule has 2 heterocycles. The van der Waals surface area contributed by atoms with E-state index in [1.165, 1.54) is 30.5 Å². The predicted octanol–water partition coefficient (Wildman–Crippen LogP) is 5.12. The van der Waals surface area contributed by atoms with E-state index in [1.807, 2.05) is 25.1 Å². The zero-order valence-electron chi connectivity index (χ0n) is 14.2. The zero-order valence-corrected chi connectivity index (χ0v) is 14.2. The Morgan fingerprint density at radius 1 is 1.07 bits per heavy atom. The van der Waals surface area contributed by atoms with Gasteiger partial charge in [0.2, 0.25) is 0 Å². The van der Waals surface area contributed by atoms with Crippen molar-refractivity contribution < 1.29 is 18.0 Å². The summed E-state index contributed by atoms with van der Waals surface area (Å²) < 4.78 is 39.5. The minimum Gasteiger partial charge on any atom is -0.358 e. The zero-order chi connectivity index (χ0) is 19.2. The number of aryl methyl sites for hydroxylation is 1. The number of halogens is 3. The highest BCUT2D eigenvalue weighted by atomic mass is 19.4. The molecule has 0 spiro atoms.